The lowest BCUT2D eigenvalue weighted by Gasteiger charge is -2.14. The van der Waals surface area contributed by atoms with Gasteiger partial charge in [0.25, 0.3) is 0 Å². The number of methoxy groups -OCH3 is 1. The number of H-pyrrole nitrogens is 1. The summed E-state index contributed by atoms with van der Waals surface area (Å²) in [6.45, 7) is 3.11. The molecule has 2 heterocycles. The number of nitrogens with one attached hydrogen (secondary N) is 3. The fourth-order valence-corrected chi connectivity index (χ4v) is 2.63. The number of ether oxygens (including phenoxy) is 2. The first-order chi connectivity index (χ1) is 13.6. The number of hydrogen-bond acceptors (Lipinski definition) is 7. The fourth-order valence-electron chi connectivity index (χ4n) is 2.63. The lowest BCUT2D eigenvalue weighted by atomic mass is 10.1. The molecule has 0 saturated heterocycles. The molecule has 3 N–H and O–H groups in total. The SMILES string of the molecule is CNCCCOc1cc(F)cc(OC)c1-c1cc(Nc2cnc(C)cn2)n[nH]1. The molecule has 28 heavy (non-hydrogen) atoms. The highest BCUT2D eigenvalue weighted by Gasteiger charge is 2.18. The molecule has 3 aromatic rings. The minimum Gasteiger partial charge on any atom is -0.496 e. The predicted octanol–water partition coefficient (Wildman–Crippen LogP) is 3.05. The van der Waals surface area contributed by atoms with E-state index in [9.17, 15) is 4.39 Å². The summed E-state index contributed by atoms with van der Waals surface area (Å²) in [5.74, 6) is 1.42. The Balaban J connectivity index is 1.87. The van der Waals surface area contributed by atoms with Crippen molar-refractivity contribution in [3.63, 3.8) is 0 Å². The number of benzene rings is 1. The summed E-state index contributed by atoms with van der Waals surface area (Å²) in [7, 11) is 3.36. The van der Waals surface area contributed by atoms with Crippen molar-refractivity contribution < 1.29 is 13.9 Å². The second-order valence-corrected chi connectivity index (χ2v) is 6.12. The molecule has 1 aromatic carbocycles. The van der Waals surface area contributed by atoms with E-state index in [0.29, 0.717) is 41.0 Å². The number of rotatable bonds is 9. The highest BCUT2D eigenvalue weighted by atomic mass is 19.1. The lowest BCUT2D eigenvalue weighted by molar-refractivity contribution is 0.307. The van der Waals surface area contributed by atoms with Gasteiger partial charge in [0.2, 0.25) is 0 Å². The fraction of sp³-hybridized carbons (Fsp3) is 0.316. The number of nitrogens with zero attached hydrogens (tertiary/aromatic N) is 3. The highest BCUT2D eigenvalue weighted by Crippen LogP contribution is 2.39. The number of aryl methyl sites for hydroxylation is 1. The molecular weight excluding hydrogens is 363 g/mol. The maximum Gasteiger partial charge on any atom is 0.153 e. The van der Waals surface area contributed by atoms with Crippen molar-refractivity contribution in [3.05, 3.63) is 42.1 Å². The Kier molecular flexibility index (Phi) is 6.38. The van der Waals surface area contributed by atoms with E-state index in [4.69, 9.17) is 9.47 Å². The van der Waals surface area contributed by atoms with E-state index in [-0.39, 0.29) is 0 Å². The average Bonchev–Trinajstić information content (AvgIpc) is 3.14. The van der Waals surface area contributed by atoms with E-state index in [2.05, 4.69) is 30.8 Å². The van der Waals surface area contributed by atoms with Crippen LogP contribution in [0.3, 0.4) is 0 Å². The van der Waals surface area contributed by atoms with Gasteiger partial charge in [-0.15, -0.1) is 0 Å². The summed E-state index contributed by atoms with van der Waals surface area (Å²) in [4.78, 5) is 8.43. The number of aromatic amines is 1. The van der Waals surface area contributed by atoms with E-state index in [1.54, 1.807) is 18.5 Å². The molecule has 8 nitrogen and oxygen atoms in total. The molecular formula is C19H23FN6O2. The number of aromatic nitrogens is 4. The van der Waals surface area contributed by atoms with Crippen LogP contribution >= 0.6 is 0 Å². The van der Waals surface area contributed by atoms with E-state index >= 15 is 0 Å². The molecule has 0 bridgehead atoms. The van der Waals surface area contributed by atoms with E-state index in [1.807, 2.05) is 14.0 Å². The Labute approximate surface area is 162 Å². The summed E-state index contributed by atoms with van der Waals surface area (Å²) in [5, 5.41) is 13.3. The van der Waals surface area contributed by atoms with Crippen LogP contribution in [0.1, 0.15) is 12.1 Å². The molecule has 0 amide bonds. The Bertz CT molecular complexity index is 913. The summed E-state index contributed by atoms with van der Waals surface area (Å²) < 4.78 is 25.2. The summed E-state index contributed by atoms with van der Waals surface area (Å²) in [6, 6.07) is 4.43. The monoisotopic (exact) mass is 386 g/mol. The van der Waals surface area contributed by atoms with Gasteiger partial charge in [-0.2, -0.15) is 5.10 Å². The standard InChI is InChI=1S/C19H23FN6O2/c1-12-10-23-18(11-22-12)24-17-9-14(25-26-17)19-15(27-3)7-13(20)8-16(19)28-6-4-5-21-2/h7-11,21H,4-6H2,1-3H3,(H2,23,24,25,26). The first-order valence-electron chi connectivity index (χ1n) is 8.87. The van der Waals surface area contributed by atoms with Crippen molar-refractivity contribution in [3.8, 4) is 22.8 Å². The van der Waals surface area contributed by atoms with Gasteiger partial charge in [-0.1, -0.05) is 0 Å². The third-order valence-corrected chi connectivity index (χ3v) is 3.96. The van der Waals surface area contributed by atoms with Gasteiger partial charge in [-0.25, -0.2) is 9.37 Å². The summed E-state index contributed by atoms with van der Waals surface area (Å²) in [5.41, 5.74) is 2.05. The molecule has 0 aliphatic heterocycles. The zero-order valence-corrected chi connectivity index (χ0v) is 16.0. The zero-order chi connectivity index (χ0) is 19.9. The van der Waals surface area contributed by atoms with Gasteiger partial charge < -0.3 is 20.1 Å². The van der Waals surface area contributed by atoms with Crippen LogP contribution < -0.4 is 20.1 Å². The molecule has 0 atom stereocenters. The largest absolute Gasteiger partial charge is 0.496 e. The molecule has 0 radical (unpaired) electrons. The van der Waals surface area contributed by atoms with Crippen LogP contribution in [0.25, 0.3) is 11.3 Å². The molecule has 0 aliphatic rings. The third kappa shape index (κ3) is 4.74. The van der Waals surface area contributed by atoms with E-state index in [0.717, 1.165) is 18.7 Å². The second-order valence-electron chi connectivity index (χ2n) is 6.12. The third-order valence-electron chi connectivity index (χ3n) is 3.96. The number of hydrogen-bond donors (Lipinski definition) is 3. The van der Waals surface area contributed by atoms with Gasteiger partial charge in [0.05, 0.1) is 43.1 Å². The molecule has 0 fully saturated rings. The van der Waals surface area contributed by atoms with Crippen molar-refractivity contribution in [2.45, 2.75) is 13.3 Å². The number of halogens is 1. The predicted molar refractivity (Wildman–Crippen MR) is 105 cm³/mol. The van der Waals surface area contributed by atoms with Crippen LogP contribution in [0, 0.1) is 12.7 Å². The first-order valence-corrected chi connectivity index (χ1v) is 8.87. The topological polar surface area (TPSA) is 97.0 Å². The number of anilines is 2. The van der Waals surface area contributed by atoms with Gasteiger partial charge in [-0.05, 0) is 26.9 Å². The van der Waals surface area contributed by atoms with Crippen LogP contribution in [0.15, 0.2) is 30.6 Å². The minimum atomic E-state index is -0.433. The average molecular weight is 386 g/mol. The molecule has 0 aliphatic carbocycles. The van der Waals surface area contributed by atoms with Crippen LogP contribution in [0.5, 0.6) is 11.5 Å². The molecule has 0 saturated carbocycles. The Hall–Kier alpha value is -3.20. The maximum atomic E-state index is 14.0. The van der Waals surface area contributed by atoms with Crippen molar-refractivity contribution in [1.29, 1.82) is 0 Å². The Morgan fingerprint density at radius 1 is 1.11 bits per heavy atom. The molecule has 0 unspecified atom stereocenters. The van der Waals surface area contributed by atoms with Gasteiger partial charge in [-0.3, -0.25) is 10.1 Å². The Morgan fingerprint density at radius 3 is 2.64 bits per heavy atom. The summed E-state index contributed by atoms with van der Waals surface area (Å²) >= 11 is 0. The second kappa shape index (κ2) is 9.14. The van der Waals surface area contributed by atoms with E-state index < -0.39 is 5.82 Å². The lowest BCUT2D eigenvalue weighted by Crippen LogP contribution is -2.12. The van der Waals surface area contributed by atoms with Crippen LogP contribution in [0.2, 0.25) is 0 Å². The molecule has 3 rings (SSSR count). The van der Waals surface area contributed by atoms with Gasteiger partial charge >= 0.3 is 0 Å². The zero-order valence-electron chi connectivity index (χ0n) is 16.0. The van der Waals surface area contributed by atoms with Crippen molar-refractivity contribution in [2.24, 2.45) is 0 Å². The Morgan fingerprint density at radius 2 is 1.93 bits per heavy atom. The molecule has 148 valence electrons. The highest BCUT2D eigenvalue weighted by molar-refractivity contribution is 5.76. The normalized spacial score (nSPS) is 10.7. The van der Waals surface area contributed by atoms with Gasteiger partial charge in [0, 0.05) is 18.2 Å². The van der Waals surface area contributed by atoms with Crippen LogP contribution in [-0.2, 0) is 0 Å². The van der Waals surface area contributed by atoms with Crippen molar-refractivity contribution >= 4 is 11.6 Å². The molecule has 9 heteroatoms. The smallest absolute Gasteiger partial charge is 0.153 e. The maximum absolute atomic E-state index is 14.0. The van der Waals surface area contributed by atoms with E-state index in [1.165, 1.54) is 19.2 Å². The van der Waals surface area contributed by atoms with Crippen molar-refractivity contribution in [1.82, 2.24) is 25.5 Å². The van der Waals surface area contributed by atoms with Crippen LogP contribution in [0.4, 0.5) is 16.0 Å². The van der Waals surface area contributed by atoms with Crippen molar-refractivity contribution in [2.75, 3.05) is 32.6 Å². The van der Waals surface area contributed by atoms with Gasteiger partial charge in [0.15, 0.2) is 5.82 Å². The van der Waals surface area contributed by atoms with Crippen LogP contribution in [-0.4, -0.2) is 47.5 Å². The summed E-state index contributed by atoms with van der Waals surface area (Å²) in [6.07, 6.45) is 4.07. The quantitative estimate of drug-likeness (QED) is 0.486. The minimum absolute atomic E-state index is 0.356. The van der Waals surface area contributed by atoms with Gasteiger partial charge in [0.1, 0.15) is 23.1 Å². The first kappa shape index (κ1) is 19.6. The molecule has 0 spiro atoms. The molecule has 2 aromatic heterocycles.